The second kappa shape index (κ2) is 6.02. The van der Waals surface area contributed by atoms with Gasteiger partial charge in [0.2, 0.25) is 0 Å². The molecule has 106 valence electrons. The van der Waals surface area contributed by atoms with E-state index in [4.69, 9.17) is 28.9 Å². The molecule has 1 aromatic carbocycles. The molecule has 0 spiro atoms. The zero-order valence-electron chi connectivity index (χ0n) is 11.3. The minimum absolute atomic E-state index is 0.0603. The van der Waals surface area contributed by atoms with E-state index in [2.05, 4.69) is 20.8 Å². The van der Waals surface area contributed by atoms with Gasteiger partial charge in [0.25, 0.3) is 0 Å². The second-order valence-electron chi connectivity index (χ2n) is 5.88. The van der Waals surface area contributed by atoms with E-state index in [0.717, 1.165) is 6.42 Å². The third kappa shape index (κ3) is 4.59. The van der Waals surface area contributed by atoms with Crippen LogP contribution in [0.4, 0.5) is 5.69 Å². The van der Waals surface area contributed by atoms with Crippen molar-refractivity contribution in [3.05, 3.63) is 27.7 Å². The lowest BCUT2D eigenvalue weighted by Crippen LogP contribution is -2.17. The molecule has 0 saturated heterocycles. The molecule has 0 aromatic heterocycles. The summed E-state index contributed by atoms with van der Waals surface area (Å²) in [5, 5.41) is 10.1. The summed E-state index contributed by atoms with van der Waals surface area (Å²) < 4.78 is 0. The number of nitrogens with two attached hydrogens (primary N) is 1. The van der Waals surface area contributed by atoms with Gasteiger partial charge in [-0.1, -0.05) is 44.0 Å². The summed E-state index contributed by atoms with van der Waals surface area (Å²) >= 11 is 11.9. The highest BCUT2D eigenvalue weighted by molar-refractivity contribution is 6.36. The first-order valence-corrected chi connectivity index (χ1v) is 6.84. The van der Waals surface area contributed by atoms with Gasteiger partial charge in [-0.15, -0.1) is 0 Å². The Kier molecular flexibility index (Phi) is 5.11. The van der Waals surface area contributed by atoms with E-state index < -0.39 is 11.9 Å². The van der Waals surface area contributed by atoms with Crippen LogP contribution in [0.15, 0.2) is 12.1 Å². The summed E-state index contributed by atoms with van der Waals surface area (Å²) in [6.45, 7) is 6.21. The van der Waals surface area contributed by atoms with Gasteiger partial charge >= 0.3 is 5.97 Å². The number of nitrogen functional groups attached to an aromatic ring is 1. The maximum atomic E-state index is 11.4. The number of hydrogen-bond donors (Lipinski definition) is 2. The molecule has 0 radical (unpaired) electrons. The lowest BCUT2D eigenvalue weighted by molar-refractivity contribution is -0.139. The Morgan fingerprint density at radius 2 is 1.95 bits per heavy atom. The van der Waals surface area contributed by atoms with Gasteiger partial charge in [0.1, 0.15) is 0 Å². The van der Waals surface area contributed by atoms with Crippen molar-refractivity contribution in [3.63, 3.8) is 0 Å². The van der Waals surface area contributed by atoms with E-state index in [-0.39, 0.29) is 5.41 Å². The second-order valence-corrected chi connectivity index (χ2v) is 6.72. The average molecular weight is 304 g/mol. The number of carbonyl (C=O) groups is 1. The van der Waals surface area contributed by atoms with Gasteiger partial charge in [0, 0.05) is 5.02 Å². The number of halogens is 2. The Balaban J connectivity index is 3.10. The van der Waals surface area contributed by atoms with Crippen LogP contribution in [0.5, 0.6) is 0 Å². The predicted molar refractivity (Wildman–Crippen MR) is 79.9 cm³/mol. The highest BCUT2D eigenvalue weighted by Gasteiger charge is 2.25. The van der Waals surface area contributed by atoms with Crippen LogP contribution in [0.25, 0.3) is 0 Å². The Hall–Kier alpha value is -0.930. The van der Waals surface area contributed by atoms with Gasteiger partial charge in [0.15, 0.2) is 0 Å². The van der Waals surface area contributed by atoms with Crippen LogP contribution in [0.1, 0.15) is 45.1 Å². The summed E-state index contributed by atoms with van der Waals surface area (Å²) in [5.74, 6) is -1.59. The van der Waals surface area contributed by atoms with Crippen LogP contribution in [0.3, 0.4) is 0 Å². The minimum atomic E-state index is -0.908. The molecule has 1 aromatic rings. The van der Waals surface area contributed by atoms with E-state index in [0.29, 0.717) is 27.7 Å². The van der Waals surface area contributed by atoms with Gasteiger partial charge < -0.3 is 10.8 Å². The minimum Gasteiger partial charge on any atom is -0.481 e. The first-order chi connectivity index (χ1) is 8.61. The fourth-order valence-electron chi connectivity index (χ4n) is 1.88. The normalized spacial score (nSPS) is 13.3. The Morgan fingerprint density at radius 1 is 1.37 bits per heavy atom. The quantitative estimate of drug-likeness (QED) is 0.801. The van der Waals surface area contributed by atoms with Crippen molar-refractivity contribution in [3.8, 4) is 0 Å². The van der Waals surface area contributed by atoms with Crippen molar-refractivity contribution in [2.45, 2.75) is 39.5 Å². The Bertz CT molecular complexity index is 481. The summed E-state index contributed by atoms with van der Waals surface area (Å²) in [5.41, 5.74) is 6.73. The molecule has 0 bridgehead atoms. The van der Waals surface area contributed by atoms with Crippen molar-refractivity contribution in [2.24, 2.45) is 5.41 Å². The van der Waals surface area contributed by atoms with Gasteiger partial charge in [-0.05, 0) is 36.0 Å². The number of rotatable bonds is 4. The number of anilines is 1. The lowest BCUT2D eigenvalue weighted by Gasteiger charge is -2.22. The van der Waals surface area contributed by atoms with E-state index >= 15 is 0 Å². The molecule has 1 unspecified atom stereocenters. The number of carboxylic acids is 1. The molecule has 0 fully saturated rings. The standard InChI is InChI=1S/C14H19Cl2NO2/c1-14(2,3)5-4-9(13(18)19)10-6-8(15)7-11(16)12(10)17/h6-7,9H,4-5,17H2,1-3H3,(H,18,19). The first kappa shape index (κ1) is 16.1. The van der Waals surface area contributed by atoms with E-state index in [1.807, 2.05) is 0 Å². The fraction of sp³-hybridized carbons (Fsp3) is 0.500. The van der Waals surface area contributed by atoms with E-state index in [1.165, 1.54) is 6.07 Å². The summed E-state index contributed by atoms with van der Waals surface area (Å²) in [6, 6.07) is 3.11. The van der Waals surface area contributed by atoms with E-state index in [9.17, 15) is 9.90 Å². The molecule has 0 saturated carbocycles. The molecular weight excluding hydrogens is 285 g/mol. The molecule has 1 rings (SSSR count). The Labute approximate surface area is 123 Å². The topological polar surface area (TPSA) is 63.3 Å². The van der Waals surface area contributed by atoms with Crippen molar-refractivity contribution < 1.29 is 9.90 Å². The fourth-order valence-corrected chi connectivity index (χ4v) is 2.39. The third-order valence-corrected chi connectivity index (χ3v) is 3.51. The van der Waals surface area contributed by atoms with Crippen molar-refractivity contribution in [1.82, 2.24) is 0 Å². The van der Waals surface area contributed by atoms with Crippen molar-refractivity contribution >= 4 is 34.9 Å². The highest BCUT2D eigenvalue weighted by atomic mass is 35.5. The largest absolute Gasteiger partial charge is 0.481 e. The van der Waals surface area contributed by atoms with Crippen LogP contribution < -0.4 is 5.73 Å². The molecule has 3 N–H and O–H groups in total. The molecule has 19 heavy (non-hydrogen) atoms. The molecule has 1 atom stereocenters. The van der Waals surface area contributed by atoms with E-state index in [1.54, 1.807) is 6.07 Å². The summed E-state index contributed by atoms with van der Waals surface area (Å²) in [7, 11) is 0. The van der Waals surface area contributed by atoms with Gasteiger partial charge in [0.05, 0.1) is 16.6 Å². The van der Waals surface area contributed by atoms with Gasteiger partial charge in [-0.25, -0.2) is 0 Å². The lowest BCUT2D eigenvalue weighted by atomic mass is 9.84. The smallest absolute Gasteiger partial charge is 0.311 e. The molecule has 3 nitrogen and oxygen atoms in total. The summed E-state index contributed by atoms with van der Waals surface area (Å²) in [6.07, 6.45) is 1.27. The number of hydrogen-bond acceptors (Lipinski definition) is 2. The monoisotopic (exact) mass is 303 g/mol. The number of benzene rings is 1. The molecular formula is C14H19Cl2NO2. The average Bonchev–Trinajstić information content (AvgIpc) is 2.22. The number of carboxylic acid groups (broad SMARTS) is 1. The van der Waals surface area contributed by atoms with Crippen LogP contribution in [-0.2, 0) is 4.79 Å². The number of aliphatic carboxylic acids is 1. The molecule has 0 heterocycles. The third-order valence-electron chi connectivity index (χ3n) is 2.98. The predicted octanol–water partition coefficient (Wildman–Crippen LogP) is 4.57. The van der Waals surface area contributed by atoms with Crippen LogP contribution in [0, 0.1) is 5.41 Å². The maximum Gasteiger partial charge on any atom is 0.311 e. The van der Waals surface area contributed by atoms with Crippen LogP contribution >= 0.6 is 23.2 Å². The molecule has 5 heteroatoms. The zero-order chi connectivity index (χ0) is 14.8. The SMILES string of the molecule is CC(C)(C)CCC(C(=O)O)c1cc(Cl)cc(Cl)c1N. The van der Waals surface area contributed by atoms with Crippen LogP contribution in [0.2, 0.25) is 10.0 Å². The molecule has 0 aliphatic rings. The van der Waals surface area contributed by atoms with Crippen molar-refractivity contribution in [1.29, 1.82) is 0 Å². The van der Waals surface area contributed by atoms with Crippen molar-refractivity contribution in [2.75, 3.05) is 5.73 Å². The first-order valence-electron chi connectivity index (χ1n) is 6.09. The molecule has 0 aliphatic heterocycles. The Morgan fingerprint density at radius 3 is 2.42 bits per heavy atom. The van der Waals surface area contributed by atoms with Gasteiger partial charge in [-0.3, -0.25) is 4.79 Å². The molecule has 0 aliphatic carbocycles. The van der Waals surface area contributed by atoms with Crippen LogP contribution in [-0.4, -0.2) is 11.1 Å². The highest BCUT2D eigenvalue weighted by Crippen LogP contribution is 2.36. The zero-order valence-corrected chi connectivity index (χ0v) is 12.8. The molecule has 0 amide bonds. The maximum absolute atomic E-state index is 11.4. The van der Waals surface area contributed by atoms with Gasteiger partial charge in [-0.2, -0.15) is 0 Å². The summed E-state index contributed by atoms with van der Waals surface area (Å²) in [4.78, 5) is 11.4.